The number of imidazole rings is 1. The van der Waals surface area contributed by atoms with Crippen LogP contribution in [0.1, 0.15) is 32.2 Å². The van der Waals surface area contributed by atoms with Gasteiger partial charge in [-0.3, -0.25) is 14.5 Å². The lowest BCUT2D eigenvalue weighted by atomic mass is 10.0. The van der Waals surface area contributed by atoms with Gasteiger partial charge in [0.25, 0.3) is 0 Å². The lowest BCUT2D eigenvalue weighted by molar-refractivity contribution is 0.161. The van der Waals surface area contributed by atoms with E-state index < -0.39 is 0 Å². The van der Waals surface area contributed by atoms with E-state index in [2.05, 4.69) is 21.9 Å². The van der Waals surface area contributed by atoms with Crippen LogP contribution in [0.25, 0.3) is 11.0 Å². The summed E-state index contributed by atoms with van der Waals surface area (Å²) < 4.78 is 13.2. The van der Waals surface area contributed by atoms with E-state index >= 15 is 0 Å². The van der Waals surface area contributed by atoms with E-state index in [1.54, 1.807) is 0 Å². The van der Waals surface area contributed by atoms with E-state index in [4.69, 9.17) is 21.2 Å². The van der Waals surface area contributed by atoms with Crippen LogP contribution >= 0.6 is 0 Å². The van der Waals surface area contributed by atoms with Crippen LogP contribution in [0.15, 0.2) is 52.4 Å². The largest absolute Gasteiger partial charge is 0.486 e. The number of piperidine rings is 1. The summed E-state index contributed by atoms with van der Waals surface area (Å²) >= 11 is 0. The molecule has 2 aliphatic heterocycles. The topological polar surface area (TPSA) is 127 Å². The average Bonchev–Trinajstić information content (AvgIpc) is 3.22. The van der Waals surface area contributed by atoms with Gasteiger partial charge in [0.2, 0.25) is 0 Å². The molecular formula is C24H31N7O3. The summed E-state index contributed by atoms with van der Waals surface area (Å²) in [5, 5.41) is 5.62. The number of aromatic amines is 1. The fourth-order valence-electron chi connectivity index (χ4n) is 5.12. The molecule has 3 heterocycles. The molecule has 1 unspecified atom stereocenters. The molecule has 0 amide bonds. The molecule has 180 valence electrons. The minimum Gasteiger partial charge on any atom is -0.486 e. The Morgan fingerprint density at radius 1 is 1.18 bits per heavy atom. The first-order valence-corrected chi connectivity index (χ1v) is 11.8. The van der Waals surface area contributed by atoms with E-state index in [0.717, 1.165) is 49.1 Å². The van der Waals surface area contributed by atoms with Crippen molar-refractivity contribution in [2.24, 2.45) is 16.8 Å². The van der Waals surface area contributed by atoms with Crippen molar-refractivity contribution in [2.45, 2.75) is 38.3 Å². The zero-order chi connectivity index (χ0) is 23.7. The number of para-hydroxylation sites is 2. The number of likely N-dealkylation sites (tertiary alicyclic amines) is 1. The van der Waals surface area contributed by atoms with E-state index in [9.17, 15) is 4.79 Å². The normalized spacial score (nSPS) is 18.2. The molecule has 5 N–H and O–H groups in total. The Hall–Kier alpha value is -3.50. The van der Waals surface area contributed by atoms with Gasteiger partial charge in [-0.15, -0.1) is 0 Å². The number of hydrazone groups is 1. The molecule has 34 heavy (non-hydrogen) atoms. The minimum absolute atomic E-state index is 0.0520. The number of nitrogens with zero attached hydrogens (tertiary/aromatic N) is 4. The Labute approximate surface area is 197 Å². The van der Waals surface area contributed by atoms with Crippen LogP contribution in [0.4, 0.5) is 5.69 Å². The van der Waals surface area contributed by atoms with Crippen molar-refractivity contribution in [3.8, 4) is 11.5 Å². The van der Waals surface area contributed by atoms with Gasteiger partial charge in [0, 0.05) is 25.2 Å². The zero-order valence-electron chi connectivity index (χ0n) is 19.3. The Balaban J connectivity index is 1.32. The predicted molar refractivity (Wildman–Crippen MR) is 132 cm³/mol. The van der Waals surface area contributed by atoms with E-state index in [0.29, 0.717) is 30.5 Å². The monoisotopic (exact) mass is 465 g/mol. The molecular weight excluding hydrogens is 434 g/mol. The number of hydrogen-bond acceptors (Lipinski definition) is 7. The van der Waals surface area contributed by atoms with Crippen LogP contribution in [-0.4, -0.2) is 52.6 Å². The van der Waals surface area contributed by atoms with E-state index in [-0.39, 0.29) is 17.8 Å². The number of amidine groups is 1. The molecule has 2 aliphatic rings. The van der Waals surface area contributed by atoms with Crippen molar-refractivity contribution >= 4 is 22.6 Å². The van der Waals surface area contributed by atoms with Crippen molar-refractivity contribution in [2.75, 3.05) is 31.3 Å². The summed E-state index contributed by atoms with van der Waals surface area (Å²) in [7, 11) is 0. The smallest absolute Gasteiger partial charge is 0.326 e. The highest BCUT2D eigenvalue weighted by atomic mass is 16.6. The Morgan fingerprint density at radius 3 is 2.65 bits per heavy atom. The maximum absolute atomic E-state index is 12.6. The molecule has 0 saturated carbocycles. The molecule has 0 spiro atoms. The Bertz CT molecular complexity index is 1240. The summed E-state index contributed by atoms with van der Waals surface area (Å²) in [6.45, 7) is 4.76. The molecule has 10 nitrogen and oxygen atoms in total. The van der Waals surface area contributed by atoms with Crippen molar-refractivity contribution < 1.29 is 9.47 Å². The standard InChI is InChI=1S/C24H31N7O3/c1-2-19(23(28-25)31(26)17-7-8-21-22(15-17)34-14-13-33-21)29-11-9-16(10-12-29)30-20-6-4-3-5-18(20)27-24(30)32/h3-8,15-16,19H,2,9-14,25-26H2,1H3,(H,27,32)/b28-23-. The SMILES string of the molecule is CCC(/C(=N/N)N(N)c1ccc2c(c1)OCCO2)N1CCC(n2c(=O)[nH]c3ccccc32)CC1. The van der Waals surface area contributed by atoms with Gasteiger partial charge in [0.1, 0.15) is 13.2 Å². The number of nitrogens with two attached hydrogens (primary N) is 2. The molecule has 5 rings (SSSR count). The lowest BCUT2D eigenvalue weighted by Gasteiger charge is -2.39. The minimum atomic E-state index is -0.0531. The number of hydrogen-bond donors (Lipinski definition) is 3. The summed E-state index contributed by atoms with van der Waals surface area (Å²) in [6.07, 6.45) is 2.50. The van der Waals surface area contributed by atoms with Gasteiger partial charge < -0.3 is 20.3 Å². The number of H-pyrrole nitrogens is 1. The van der Waals surface area contributed by atoms with Crippen LogP contribution in [0.3, 0.4) is 0 Å². The molecule has 0 bridgehead atoms. The van der Waals surface area contributed by atoms with Crippen molar-refractivity contribution in [3.05, 3.63) is 52.9 Å². The van der Waals surface area contributed by atoms with Crippen molar-refractivity contribution in [1.82, 2.24) is 14.5 Å². The van der Waals surface area contributed by atoms with Crippen LogP contribution in [0.2, 0.25) is 0 Å². The highest BCUT2D eigenvalue weighted by Crippen LogP contribution is 2.34. The molecule has 0 radical (unpaired) electrons. The van der Waals surface area contributed by atoms with Gasteiger partial charge in [0.05, 0.1) is 22.8 Å². The van der Waals surface area contributed by atoms with Gasteiger partial charge in [-0.1, -0.05) is 19.1 Å². The first-order valence-electron chi connectivity index (χ1n) is 11.8. The van der Waals surface area contributed by atoms with Crippen LogP contribution < -0.4 is 31.9 Å². The number of fused-ring (bicyclic) bond motifs is 2. The van der Waals surface area contributed by atoms with Gasteiger partial charge in [0.15, 0.2) is 17.3 Å². The number of hydrazine groups is 1. The van der Waals surface area contributed by atoms with E-state index in [1.165, 1.54) is 5.01 Å². The number of anilines is 1. The third kappa shape index (κ3) is 3.99. The van der Waals surface area contributed by atoms with Gasteiger partial charge in [-0.05, 0) is 43.5 Å². The van der Waals surface area contributed by atoms with Crippen molar-refractivity contribution in [3.63, 3.8) is 0 Å². The number of rotatable bonds is 5. The number of ether oxygens (including phenoxy) is 2. The third-order valence-electron chi connectivity index (χ3n) is 6.80. The quantitative estimate of drug-likeness (QED) is 0.228. The highest BCUT2D eigenvalue weighted by Gasteiger charge is 2.31. The fourth-order valence-corrected chi connectivity index (χ4v) is 5.12. The Morgan fingerprint density at radius 2 is 1.91 bits per heavy atom. The molecule has 1 atom stereocenters. The van der Waals surface area contributed by atoms with Crippen molar-refractivity contribution in [1.29, 1.82) is 0 Å². The second-order valence-corrected chi connectivity index (χ2v) is 8.69. The molecule has 0 aliphatic carbocycles. The molecule has 1 saturated heterocycles. The molecule has 2 aromatic carbocycles. The summed E-state index contributed by atoms with van der Waals surface area (Å²) in [4.78, 5) is 17.9. The zero-order valence-corrected chi connectivity index (χ0v) is 19.3. The first kappa shape index (κ1) is 22.3. The number of nitrogens with one attached hydrogen (secondary N) is 1. The van der Waals surface area contributed by atoms with Gasteiger partial charge >= 0.3 is 5.69 Å². The molecule has 10 heteroatoms. The third-order valence-corrected chi connectivity index (χ3v) is 6.80. The summed E-state index contributed by atoms with van der Waals surface area (Å²) in [5.74, 6) is 14.3. The molecule has 1 fully saturated rings. The van der Waals surface area contributed by atoms with Crippen LogP contribution in [0, 0.1) is 0 Å². The number of aromatic nitrogens is 2. The maximum Gasteiger partial charge on any atom is 0.326 e. The lowest BCUT2D eigenvalue weighted by Crippen LogP contribution is -2.54. The van der Waals surface area contributed by atoms with Crippen LogP contribution in [0.5, 0.6) is 11.5 Å². The molecule has 3 aromatic rings. The first-order chi connectivity index (χ1) is 16.6. The Kier molecular flexibility index (Phi) is 6.16. The molecule has 1 aromatic heterocycles. The summed E-state index contributed by atoms with van der Waals surface area (Å²) in [6, 6.07) is 13.5. The fraction of sp³-hybridized carbons (Fsp3) is 0.417. The second kappa shape index (κ2) is 9.40. The van der Waals surface area contributed by atoms with Gasteiger partial charge in [-0.25, -0.2) is 10.6 Å². The second-order valence-electron chi connectivity index (χ2n) is 8.69. The summed E-state index contributed by atoms with van der Waals surface area (Å²) in [5.41, 5.74) is 2.50. The highest BCUT2D eigenvalue weighted by molar-refractivity contribution is 6.00. The predicted octanol–water partition coefficient (Wildman–Crippen LogP) is 2.17. The average molecular weight is 466 g/mol. The van der Waals surface area contributed by atoms with E-state index in [1.807, 2.05) is 47.0 Å². The number of benzene rings is 2. The maximum atomic E-state index is 12.6. The van der Waals surface area contributed by atoms with Gasteiger partial charge in [-0.2, -0.15) is 5.10 Å². The van der Waals surface area contributed by atoms with Crippen LogP contribution in [-0.2, 0) is 0 Å².